The predicted octanol–water partition coefficient (Wildman–Crippen LogP) is 7.09. The van der Waals surface area contributed by atoms with Gasteiger partial charge in [0.15, 0.2) is 14.7 Å². The Bertz CT molecular complexity index is 1560. The molecule has 3 aromatic rings. The lowest BCUT2D eigenvalue weighted by Crippen LogP contribution is -2.59. The van der Waals surface area contributed by atoms with Crippen molar-refractivity contribution in [3.8, 4) is 0 Å². The number of aliphatic hydroxyl groups is 1. The summed E-state index contributed by atoms with van der Waals surface area (Å²) in [6.07, 6.45) is -5.05. The first-order valence-electron chi connectivity index (χ1n) is 15.4. The Hall–Kier alpha value is -3.83. The molecule has 51 heavy (non-hydrogen) atoms. The molecule has 0 unspecified atom stereocenters. The summed E-state index contributed by atoms with van der Waals surface area (Å²) in [5.41, 5.74) is -0.396. The summed E-state index contributed by atoms with van der Waals surface area (Å²) in [6.45, 7) is 7.00. The Balaban J connectivity index is 0.000000268. The molecule has 1 aliphatic rings. The molecular formula is C34H39F7N2O6S2. The second kappa shape index (κ2) is 18.1. The lowest BCUT2D eigenvalue weighted by molar-refractivity contribution is -0.357. The number of amides is 1. The molecule has 0 saturated carbocycles. The van der Waals surface area contributed by atoms with Crippen LogP contribution in [0.15, 0.2) is 110 Å². The van der Waals surface area contributed by atoms with Crippen molar-refractivity contribution >= 4 is 32.9 Å². The number of rotatable bonds is 8. The molecule has 3 aromatic carbocycles. The molecule has 17 heteroatoms. The summed E-state index contributed by atoms with van der Waals surface area (Å²) in [5, 5.41) is 19.6. The molecule has 0 aromatic heterocycles. The third kappa shape index (κ3) is 13.0. The predicted molar refractivity (Wildman–Crippen MR) is 177 cm³/mol. The Morgan fingerprint density at radius 1 is 0.843 bits per heavy atom. The lowest BCUT2D eigenvalue weighted by Gasteiger charge is -2.32. The van der Waals surface area contributed by atoms with E-state index in [1.807, 2.05) is 20.8 Å². The van der Waals surface area contributed by atoms with E-state index in [-0.39, 0.29) is 29.3 Å². The molecule has 1 N–H and O–H groups in total. The number of benzene rings is 3. The Morgan fingerprint density at radius 2 is 1.22 bits per heavy atom. The van der Waals surface area contributed by atoms with Crippen LogP contribution in [0.25, 0.3) is 0 Å². The van der Waals surface area contributed by atoms with Gasteiger partial charge in [0.25, 0.3) is 0 Å². The number of ether oxygens (including phenoxy) is 1. The van der Waals surface area contributed by atoms with E-state index in [9.17, 15) is 54.2 Å². The highest BCUT2D eigenvalue weighted by Crippen LogP contribution is 2.46. The largest absolute Gasteiger partial charge is 0.857 e. The first-order valence-corrected chi connectivity index (χ1v) is 18.4. The number of halogens is 7. The zero-order valence-electron chi connectivity index (χ0n) is 28.1. The van der Waals surface area contributed by atoms with Crippen LogP contribution < -0.4 is 5.11 Å². The van der Waals surface area contributed by atoms with Crippen LogP contribution in [-0.2, 0) is 25.7 Å². The zero-order chi connectivity index (χ0) is 38.7. The molecule has 1 fully saturated rings. The summed E-state index contributed by atoms with van der Waals surface area (Å²) in [6, 6.07) is 32.2. The van der Waals surface area contributed by atoms with Gasteiger partial charge in [-0.25, -0.2) is 13.2 Å². The van der Waals surface area contributed by atoms with E-state index in [0.29, 0.717) is 25.9 Å². The van der Waals surface area contributed by atoms with Gasteiger partial charge in [0.2, 0.25) is 10.0 Å². The number of hydrogen-bond acceptors (Lipinski definition) is 6. The van der Waals surface area contributed by atoms with Gasteiger partial charge >= 0.3 is 24.1 Å². The van der Waals surface area contributed by atoms with Gasteiger partial charge in [0.05, 0.1) is 29.2 Å². The van der Waals surface area contributed by atoms with E-state index in [0.717, 1.165) is 6.42 Å². The number of aliphatic hydroxyl groups excluding tert-OH is 1. The number of hydrogen-bond donors (Lipinski definition) is 1. The van der Waals surface area contributed by atoms with Crippen molar-refractivity contribution < 1.29 is 58.9 Å². The first kappa shape index (κ1) is 43.3. The summed E-state index contributed by atoms with van der Waals surface area (Å²) < 4.78 is 111. The van der Waals surface area contributed by atoms with E-state index in [2.05, 4.69) is 91.0 Å². The van der Waals surface area contributed by atoms with Crippen molar-refractivity contribution in [2.45, 2.75) is 84.4 Å². The second-order valence-corrected chi connectivity index (χ2v) is 15.4. The van der Waals surface area contributed by atoms with Crippen molar-refractivity contribution in [1.29, 1.82) is 0 Å². The third-order valence-corrected chi connectivity index (χ3v) is 9.87. The minimum absolute atomic E-state index is 0.0146. The molecule has 0 aliphatic carbocycles. The SMILES string of the molecule is CCC(C)(C)OC(=O)N1CCC(O)CC1.CS(=O)(=O)N=C([O-])C(F)(F)C(F)(F)C(F)(F)F.c1ccc([S+](c2ccccc2)c2ccccc2)cc1. The first-order chi connectivity index (χ1) is 23.5. The molecular weight excluding hydrogens is 730 g/mol. The van der Waals surface area contributed by atoms with E-state index < -0.39 is 39.5 Å². The van der Waals surface area contributed by atoms with Gasteiger partial charge in [-0.3, -0.25) is 0 Å². The molecule has 0 radical (unpaired) electrons. The highest BCUT2D eigenvalue weighted by atomic mass is 32.2. The number of piperidine rings is 1. The van der Waals surface area contributed by atoms with Crippen LogP contribution in [0.4, 0.5) is 35.5 Å². The fraction of sp³-hybridized carbons (Fsp3) is 0.412. The number of carbonyl (C=O) groups excluding carboxylic acids is 1. The van der Waals surface area contributed by atoms with Crippen LogP contribution in [0, 0.1) is 0 Å². The van der Waals surface area contributed by atoms with Crippen LogP contribution in [-0.4, -0.2) is 79.5 Å². The molecule has 0 bridgehead atoms. The van der Waals surface area contributed by atoms with E-state index in [1.54, 1.807) is 9.30 Å². The van der Waals surface area contributed by atoms with Gasteiger partial charge in [-0.05, 0) is 69.5 Å². The average molecular weight is 769 g/mol. The molecule has 1 amide bonds. The van der Waals surface area contributed by atoms with Gasteiger partial charge in [-0.15, -0.1) is 0 Å². The maximum atomic E-state index is 12.4. The highest BCUT2D eigenvalue weighted by Gasteiger charge is 2.73. The van der Waals surface area contributed by atoms with Gasteiger partial charge in [-0.1, -0.05) is 61.5 Å². The van der Waals surface area contributed by atoms with Crippen LogP contribution in [0.2, 0.25) is 0 Å². The second-order valence-electron chi connectivity index (χ2n) is 11.7. The fourth-order valence-electron chi connectivity index (χ4n) is 4.02. The molecule has 0 atom stereocenters. The Labute approximate surface area is 295 Å². The number of sulfonamides is 1. The lowest BCUT2D eigenvalue weighted by atomic mass is 10.1. The van der Waals surface area contributed by atoms with E-state index in [4.69, 9.17) is 4.74 Å². The van der Waals surface area contributed by atoms with Crippen molar-refractivity contribution in [3.05, 3.63) is 91.0 Å². The fourth-order valence-corrected chi connectivity index (χ4v) is 6.54. The average Bonchev–Trinajstić information content (AvgIpc) is 3.06. The van der Waals surface area contributed by atoms with Crippen molar-refractivity contribution in [2.75, 3.05) is 19.3 Å². The zero-order valence-corrected chi connectivity index (χ0v) is 29.8. The van der Waals surface area contributed by atoms with Gasteiger partial charge < -0.3 is 19.8 Å². The standard InChI is InChI=1S/C18H15S.C11H21NO3.C5H4F7NO3S/c1-4-10-16(11-5-1)19(17-12-6-2-7-13-17)18-14-8-3-9-15-18;1-4-11(2,3)15-10(14)12-7-5-9(13)6-8-12;1-17(15,16)13-2(14)3(6,7)4(8,9)5(10,11)12/h1-15H;9,13H,4-8H2,1-3H3;1H3,(H,13,14)/q+1;;/p-1. The molecule has 282 valence electrons. The highest BCUT2D eigenvalue weighted by molar-refractivity contribution is 7.97. The minimum atomic E-state index is -6.72. The summed E-state index contributed by atoms with van der Waals surface area (Å²) in [4.78, 5) is 17.5. The Kier molecular flexibility index (Phi) is 15.4. The number of nitrogens with zero attached hydrogens (tertiary/aromatic N) is 2. The van der Waals surface area contributed by atoms with Gasteiger partial charge in [0.1, 0.15) is 5.60 Å². The van der Waals surface area contributed by atoms with Gasteiger partial charge in [-0.2, -0.15) is 35.1 Å². The normalized spacial score (nSPS) is 14.9. The third-order valence-electron chi connectivity index (χ3n) is 7.14. The molecule has 1 saturated heterocycles. The smallest absolute Gasteiger partial charge is 0.460 e. The van der Waals surface area contributed by atoms with E-state index >= 15 is 0 Å². The molecule has 8 nitrogen and oxygen atoms in total. The van der Waals surface area contributed by atoms with Gasteiger partial charge in [0, 0.05) is 13.1 Å². The van der Waals surface area contributed by atoms with Crippen LogP contribution in [0.3, 0.4) is 0 Å². The topological polar surface area (TPSA) is 119 Å². The maximum Gasteiger partial charge on any atom is 0.460 e. The van der Waals surface area contributed by atoms with E-state index in [1.165, 1.54) is 14.7 Å². The van der Waals surface area contributed by atoms with Crippen LogP contribution >= 0.6 is 0 Å². The molecule has 4 rings (SSSR count). The maximum absolute atomic E-state index is 12.4. The van der Waals surface area contributed by atoms with Crippen LogP contribution in [0.1, 0.15) is 40.0 Å². The summed E-state index contributed by atoms with van der Waals surface area (Å²) in [7, 11) is -4.83. The number of carbonyl (C=O) groups is 1. The quantitative estimate of drug-likeness (QED) is 0.113. The monoisotopic (exact) mass is 768 g/mol. The summed E-state index contributed by atoms with van der Waals surface area (Å²) >= 11 is 0. The minimum Gasteiger partial charge on any atom is -0.857 e. The molecule has 1 aliphatic heterocycles. The number of likely N-dealkylation sites (tertiary alicyclic amines) is 1. The van der Waals surface area contributed by atoms with Crippen LogP contribution in [0.5, 0.6) is 0 Å². The van der Waals surface area contributed by atoms with Crippen molar-refractivity contribution in [3.63, 3.8) is 0 Å². The molecule has 1 heterocycles. The Morgan fingerprint density at radius 3 is 1.53 bits per heavy atom. The van der Waals surface area contributed by atoms with Crippen molar-refractivity contribution in [2.24, 2.45) is 4.40 Å². The van der Waals surface area contributed by atoms with Crippen molar-refractivity contribution in [1.82, 2.24) is 4.90 Å². The number of alkyl halides is 7. The molecule has 0 spiro atoms. The summed E-state index contributed by atoms with van der Waals surface area (Å²) in [5.74, 6) is -16.4.